The Balaban J connectivity index is 2.70. The van der Waals surface area contributed by atoms with Crippen molar-refractivity contribution in [3.8, 4) is 0 Å². The molecule has 7 nitrogen and oxygen atoms in total. The predicted molar refractivity (Wildman–Crippen MR) is 73.1 cm³/mol. The van der Waals surface area contributed by atoms with E-state index in [0.29, 0.717) is 19.6 Å². The number of ether oxygens (including phenoxy) is 3. The van der Waals surface area contributed by atoms with Crippen molar-refractivity contribution in [2.45, 2.75) is 30.7 Å². The summed E-state index contributed by atoms with van der Waals surface area (Å²) >= 11 is 0. The van der Waals surface area contributed by atoms with Crippen molar-refractivity contribution < 1.29 is 28.2 Å². The van der Waals surface area contributed by atoms with Crippen molar-refractivity contribution in [1.29, 1.82) is 0 Å². The Bertz CT molecular complexity index is 314. The van der Waals surface area contributed by atoms with E-state index >= 15 is 0 Å². The third kappa shape index (κ3) is 5.51. The van der Waals surface area contributed by atoms with Gasteiger partial charge in [-0.2, -0.15) is 0 Å². The third-order valence-corrected chi connectivity index (χ3v) is 3.48. The molecule has 1 aliphatic rings. The second-order valence-corrected chi connectivity index (χ2v) is 6.50. The Hall–Kier alpha value is 0.0549. The number of hydrogen-bond donors (Lipinski definition) is 2. The fourth-order valence-electron chi connectivity index (χ4n) is 2.09. The maximum atomic E-state index is 11.5. The summed E-state index contributed by atoms with van der Waals surface area (Å²) < 4.78 is 33.1. The molecule has 5 atom stereocenters. The second kappa shape index (κ2) is 7.74. The van der Waals surface area contributed by atoms with Crippen LogP contribution >= 0.6 is 7.60 Å². The molecule has 112 valence electrons. The molecule has 1 saturated heterocycles. The van der Waals surface area contributed by atoms with Gasteiger partial charge in [-0.05, 0) is 13.0 Å². The highest BCUT2D eigenvalue weighted by Gasteiger charge is 2.46. The zero-order valence-electron chi connectivity index (χ0n) is 11.7. The summed E-state index contributed by atoms with van der Waals surface area (Å²) in [6, 6.07) is -0.227. The smallest absolute Gasteiger partial charge is 0.325 e. The first kappa shape index (κ1) is 17.1. The van der Waals surface area contributed by atoms with Gasteiger partial charge in [-0.1, -0.05) is 0 Å². The summed E-state index contributed by atoms with van der Waals surface area (Å²) in [6.45, 7) is 2.43. The normalized spacial score (nSPS) is 34.3. The average molecular weight is 295 g/mol. The van der Waals surface area contributed by atoms with Crippen LogP contribution in [0.5, 0.6) is 0 Å². The summed E-state index contributed by atoms with van der Waals surface area (Å²) in [5.41, 5.74) is 5.41. The maximum absolute atomic E-state index is 11.5. The van der Waals surface area contributed by atoms with Gasteiger partial charge in [0.2, 0.25) is 0 Å². The van der Waals surface area contributed by atoms with Crippen LogP contribution in [0.15, 0.2) is 0 Å². The van der Waals surface area contributed by atoms with Gasteiger partial charge in [0, 0.05) is 20.4 Å². The van der Waals surface area contributed by atoms with Crippen LogP contribution in [-0.2, 0) is 23.3 Å². The molecule has 0 aliphatic carbocycles. The molecular formula is C10H23BNO6P. The summed E-state index contributed by atoms with van der Waals surface area (Å²) in [5, 5.41) is 0. The number of rotatable bonds is 8. The van der Waals surface area contributed by atoms with Gasteiger partial charge in [0.15, 0.2) is 0 Å². The summed E-state index contributed by atoms with van der Waals surface area (Å²) in [6.07, 6.45) is -0.711. The van der Waals surface area contributed by atoms with E-state index in [2.05, 4.69) is 0 Å². The molecule has 0 radical (unpaired) electrons. The summed E-state index contributed by atoms with van der Waals surface area (Å²) in [5.74, 6) is 0. The Morgan fingerprint density at radius 2 is 2.16 bits per heavy atom. The van der Waals surface area contributed by atoms with Crippen molar-refractivity contribution in [2.75, 3.05) is 33.5 Å². The van der Waals surface area contributed by atoms with E-state index in [4.69, 9.17) is 24.5 Å². The molecule has 0 amide bonds. The third-order valence-electron chi connectivity index (χ3n) is 2.85. The molecule has 0 saturated carbocycles. The molecule has 9 heteroatoms. The summed E-state index contributed by atoms with van der Waals surface area (Å²) in [7, 11) is -0.235. The SMILES string of the molecule is B[C@@H]1O[C@H](COC)C(OP(C)(=O)O)C1OCCCN. The van der Waals surface area contributed by atoms with Crippen LogP contribution in [0.2, 0.25) is 0 Å². The maximum Gasteiger partial charge on any atom is 0.325 e. The van der Waals surface area contributed by atoms with Gasteiger partial charge in [0.05, 0.1) is 12.6 Å². The number of methoxy groups -OCH3 is 1. The van der Waals surface area contributed by atoms with Crippen LogP contribution < -0.4 is 5.73 Å². The quantitative estimate of drug-likeness (QED) is 0.334. The lowest BCUT2D eigenvalue weighted by molar-refractivity contribution is -0.0244. The van der Waals surface area contributed by atoms with Crippen molar-refractivity contribution in [2.24, 2.45) is 5.73 Å². The van der Waals surface area contributed by atoms with Crippen molar-refractivity contribution >= 4 is 15.4 Å². The van der Waals surface area contributed by atoms with Gasteiger partial charge in [-0.3, -0.25) is 9.09 Å². The minimum Gasteiger partial charge on any atom is -0.382 e. The van der Waals surface area contributed by atoms with Crippen LogP contribution in [0.1, 0.15) is 6.42 Å². The molecule has 1 aliphatic heterocycles. The first-order chi connectivity index (χ1) is 8.89. The molecule has 0 aromatic rings. The van der Waals surface area contributed by atoms with E-state index in [1.807, 2.05) is 7.85 Å². The van der Waals surface area contributed by atoms with Crippen LogP contribution in [0, 0.1) is 0 Å². The molecule has 3 unspecified atom stereocenters. The Morgan fingerprint density at radius 3 is 2.68 bits per heavy atom. The molecule has 1 heterocycles. The first-order valence-corrected chi connectivity index (χ1v) is 8.36. The molecule has 0 bridgehead atoms. The predicted octanol–water partition coefficient (Wildman–Crippen LogP) is -1.07. The molecule has 0 aromatic heterocycles. The highest BCUT2D eigenvalue weighted by Crippen LogP contribution is 2.42. The fourth-order valence-corrected chi connectivity index (χ4v) is 2.80. The molecule has 3 N–H and O–H groups in total. The Labute approximate surface area is 114 Å². The zero-order valence-corrected chi connectivity index (χ0v) is 12.5. The van der Waals surface area contributed by atoms with Crippen molar-refractivity contribution in [3.05, 3.63) is 0 Å². The Morgan fingerprint density at radius 1 is 1.47 bits per heavy atom. The molecule has 0 spiro atoms. The monoisotopic (exact) mass is 295 g/mol. The lowest BCUT2D eigenvalue weighted by atomic mass is 9.93. The van der Waals surface area contributed by atoms with Gasteiger partial charge >= 0.3 is 7.60 Å². The van der Waals surface area contributed by atoms with E-state index in [1.54, 1.807) is 0 Å². The Kier molecular flexibility index (Phi) is 6.97. The van der Waals surface area contributed by atoms with Gasteiger partial charge in [-0.25, -0.2) is 0 Å². The van der Waals surface area contributed by atoms with Crippen LogP contribution in [0.3, 0.4) is 0 Å². The minimum atomic E-state index is -3.62. The van der Waals surface area contributed by atoms with E-state index in [1.165, 1.54) is 7.11 Å². The fraction of sp³-hybridized carbons (Fsp3) is 1.00. The van der Waals surface area contributed by atoms with E-state index in [0.717, 1.165) is 6.66 Å². The van der Waals surface area contributed by atoms with E-state index < -0.39 is 25.9 Å². The summed E-state index contributed by atoms with van der Waals surface area (Å²) in [4.78, 5) is 9.40. The van der Waals surface area contributed by atoms with Gasteiger partial charge in [-0.15, -0.1) is 0 Å². The topological polar surface area (TPSA) is 100 Å². The zero-order chi connectivity index (χ0) is 14.5. The van der Waals surface area contributed by atoms with Gasteiger partial charge < -0.3 is 24.8 Å². The van der Waals surface area contributed by atoms with Crippen LogP contribution in [0.25, 0.3) is 0 Å². The molecule has 19 heavy (non-hydrogen) atoms. The van der Waals surface area contributed by atoms with E-state index in [9.17, 15) is 9.46 Å². The largest absolute Gasteiger partial charge is 0.382 e. The number of nitrogens with two attached hydrogens (primary N) is 1. The molecule has 0 aromatic carbocycles. The van der Waals surface area contributed by atoms with E-state index in [-0.39, 0.29) is 12.6 Å². The van der Waals surface area contributed by atoms with Gasteiger partial charge in [0.1, 0.15) is 26.2 Å². The van der Waals surface area contributed by atoms with Crippen LogP contribution in [-0.4, -0.2) is 70.6 Å². The standard InChI is InChI=1S/C10H23BNO6P/c1-15-6-7-8(18-19(2,13)14)9(10(11)17-7)16-5-3-4-12/h7-10H,3-6,11-12H2,1-2H3,(H,13,14)/t7-,8?,9?,10-/m1/s1. The second-order valence-electron chi connectivity index (χ2n) is 4.69. The lowest BCUT2D eigenvalue weighted by Gasteiger charge is -2.25. The first-order valence-electron chi connectivity index (χ1n) is 6.33. The highest BCUT2D eigenvalue weighted by atomic mass is 31.2. The van der Waals surface area contributed by atoms with Gasteiger partial charge in [0.25, 0.3) is 0 Å². The van der Waals surface area contributed by atoms with Crippen LogP contribution in [0.4, 0.5) is 0 Å². The molecule has 1 rings (SSSR count). The minimum absolute atomic E-state index is 0.227. The lowest BCUT2D eigenvalue weighted by Crippen LogP contribution is -2.38. The number of hydrogen-bond acceptors (Lipinski definition) is 6. The molecular weight excluding hydrogens is 272 g/mol. The average Bonchev–Trinajstić information content (AvgIpc) is 2.56. The highest BCUT2D eigenvalue weighted by molar-refractivity contribution is 7.51. The van der Waals surface area contributed by atoms with Crippen molar-refractivity contribution in [3.63, 3.8) is 0 Å². The van der Waals surface area contributed by atoms with Crippen molar-refractivity contribution in [1.82, 2.24) is 0 Å². The molecule has 1 fully saturated rings.